The highest BCUT2D eigenvalue weighted by molar-refractivity contribution is 14.1. The first-order valence-electron chi connectivity index (χ1n) is 8.24. The number of benzene rings is 2. The van der Waals surface area contributed by atoms with Crippen LogP contribution in [0.3, 0.4) is 0 Å². The van der Waals surface area contributed by atoms with Gasteiger partial charge in [-0.25, -0.2) is 9.07 Å². The molecule has 1 aliphatic heterocycles. The van der Waals surface area contributed by atoms with Gasteiger partial charge in [0.15, 0.2) is 0 Å². The van der Waals surface area contributed by atoms with E-state index in [9.17, 15) is 4.39 Å². The maximum absolute atomic E-state index is 14.5. The normalized spacial score (nSPS) is 13.7. The average Bonchev–Trinajstić information content (AvgIpc) is 3.18. The fourth-order valence-corrected chi connectivity index (χ4v) is 3.29. The lowest BCUT2D eigenvalue weighted by atomic mass is 10.2. The van der Waals surface area contributed by atoms with Crippen molar-refractivity contribution in [1.29, 1.82) is 0 Å². The number of methoxy groups -OCH3 is 1. The van der Waals surface area contributed by atoms with Gasteiger partial charge in [0.2, 0.25) is 0 Å². The van der Waals surface area contributed by atoms with E-state index in [0.29, 0.717) is 11.4 Å². The fraction of sp³-hybridized carbons (Fsp3) is 0.0500. The summed E-state index contributed by atoms with van der Waals surface area (Å²) in [5.41, 5.74) is 6.15. The molecule has 7 heteroatoms. The molecule has 0 radical (unpaired) electrons. The summed E-state index contributed by atoms with van der Waals surface area (Å²) in [6, 6.07) is 16.8. The maximum atomic E-state index is 14.5. The van der Waals surface area contributed by atoms with E-state index in [1.165, 1.54) is 6.07 Å². The second-order valence-electron chi connectivity index (χ2n) is 5.83. The van der Waals surface area contributed by atoms with Gasteiger partial charge in [-0.15, -0.1) is 0 Å². The van der Waals surface area contributed by atoms with Crippen molar-refractivity contribution >= 4 is 34.0 Å². The maximum Gasteiger partial charge on any atom is 0.149 e. The Balaban J connectivity index is 1.74. The highest BCUT2D eigenvalue weighted by Crippen LogP contribution is 2.27. The Kier molecular flexibility index (Phi) is 4.85. The van der Waals surface area contributed by atoms with Crippen LogP contribution < -0.4 is 10.4 Å². The fourth-order valence-electron chi connectivity index (χ4n) is 2.83. The van der Waals surface area contributed by atoms with E-state index in [0.717, 1.165) is 20.6 Å². The van der Waals surface area contributed by atoms with Crippen molar-refractivity contribution < 1.29 is 9.13 Å². The van der Waals surface area contributed by atoms with Gasteiger partial charge in [-0.3, -0.25) is 10.4 Å². The van der Waals surface area contributed by atoms with E-state index >= 15 is 0 Å². The molecule has 136 valence electrons. The number of hydrogen-bond donors (Lipinski definition) is 1. The molecule has 4 rings (SSSR count). The first-order chi connectivity index (χ1) is 13.2. The molecule has 0 bridgehead atoms. The zero-order valence-electron chi connectivity index (χ0n) is 14.4. The van der Waals surface area contributed by atoms with Crippen LogP contribution in [-0.2, 0) is 4.74 Å². The lowest BCUT2D eigenvalue weighted by Crippen LogP contribution is -2.36. The number of allylic oxidation sites excluding steroid dienone is 1. The highest BCUT2D eigenvalue weighted by atomic mass is 127. The van der Waals surface area contributed by atoms with Gasteiger partial charge in [-0.1, -0.05) is 18.2 Å². The molecule has 1 N–H and O–H groups in total. The molecule has 0 atom stereocenters. The minimum Gasteiger partial charge on any atom is -0.495 e. The Morgan fingerprint density at radius 1 is 1.11 bits per heavy atom. The van der Waals surface area contributed by atoms with E-state index in [1.807, 2.05) is 53.2 Å². The Bertz CT molecular complexity index is 1030. The standard InChI is InChI=1S/C20H16FIN4O/c1-27-16-12-18(20-9-10-23-26(20)15-5-3-2-4-6-15)24-25(13-16)19-8-7-14(22)11-17(19)21/h2-13,24H,1H3. The molecule has 0 saturated carbocycles. The van der Waals surface area contributed by atoms with E-state index in [1.54, 1.807) is 30.6 Å². The van der Waals surface area contributed by atoms with Crippen LogP contribution in [0.2, 0.25) is 0 Å². The summed E-state index contributed by atoms with van der Waals surface area (Å²) >= 11 is 2.09. The number of nitrogens with one attached hydrogen (secondary N) is 1. The van der Waals surface area contributed by atoms with E-state index < -0.39 is 0 Å². The molecule has 0 saturated heterocycles. The zero-order chi connectivity index (χ0) is 18.8. The number of para-hydroxylation sites is 1. The van der Waals surface area contributed by atoms with Crippen LogP contribution in [0.1, 0.15) is 5.69 Å². The molecule has 0 aliphatic carbocycles. The van der Waals surface area contributed by atoms with Gasteiger partial charge in [0.25, 0.3) is 0 Å². The number of rotatable bonds is 4. The number of nitrogens with zero attached hydrogens (tertiary/aromatic N) is 3. The largest absolute Gasteiger partial charge is 0.495 e. The number of halogens is 2. The first kappa shape index (κ1) is 17.6. The Morgan fingerprint density at radius 2 is 1.93 bits per heavy atom. The third kappa shape index (κ3) is 3.55. The third-order valence-corrected chi connectivity index (χ3v) is 4.78. The van der Waals surface area contributed by atoms with Crippen molar-refractivity contribution in [1.82, 2.24) is 15.2 Å². The lowest BCUT2D eigenvalue weighted by molar-refractivity contribution is 0.303. The summed E-state index contributed by atoms with van der Waals surface area (Å²) in [5, 5.41) is 6.03. The van der Waals surface area contributed by atoms with Crippen molar-refractivity contribution in [2.24, 2.45) is 0 Å². The molecule has 5 nitrogen and oxygen atoms in total. The number of ether oxygens (including phenoxy) is 1. The van der Waals surface area contributed by atoms with Gasteiger partial charge < -0.3 is 4.74 Å². The quantitative estimate of drug-likeness (QED) is 0.567. The summed E-state index contributed by atoms with van der Waals surface area (Å²) < 4.78 is 22.6. The molecule has 27 heavy (non-hydrogen) atoms. The highest BCUT2D eigenvalue weighted by Gasteiger charge is 2.20. The van der Waals surface area contributed by atoms with Crippen molar-refractivity contribution in [3.8, 4) is 5.69 Å². The topological polar surface area (TPSA) is 42.3 Å². The van der Waals surface area contributed by atoms with Crippen molar-refractivity contribution in [3.63, 3.8) is 0 Å². The monoisotopic (exact) mass is 474 g/mol. The zero-order valence-corrected chi connectivity index (χ0v) is 16.6. The third-order valence-electron chi connectivity index (χ3n) is 4.11. The van der Waals surface area contributed by atoms with Crippen molar-refractivity contribution in [2.75, 3.05) is 12.1 Å². The molecular formula is C20H16FIN4O. The summed E-state index contributed by atoms with van der Waals surface area (Å²) in [7, 11) is 1.59. The van der Waals surface area contributed by atoms with E-state index in [4.69, 9.17) is 4.74 Å². The summed E-state index contributed by atoms with van der Waals surface area (Å²) in [6.07, 6.45) is 5.29. The predicted octanol–water partition coefficient (Wildman–Crippen LogP) is 4.47. The molecule has 2 aromatic carbocycles. The van der Waals surface area contributed by atoms with Crippen LogP contribution in [0.5, 0.6) is 0 Å². The molecule has 0 unspecified atom stereocenters. The van der Waals surface area contributed by atoms with E-state index in [2.05, 4.69) is 33.1 Å². The van der Waals surface area contributed by atoms with Crippen LogP contribution >= 0.6 is 22.6 Å². The van der Waals surface area contributed by atoms with Crippen molar-refractivity contribution in [3.05, 3.63) is 93.9 Å². The van der Waals surface area contributed by atoms with Crippen LogP contribution in [0, 0.1) is 9.39 Å². The van der Waals surface area contributed by atoms with Gasteiger partial charge in [0, 0.05) is 9.65 Å². The molecule has 2 heterocycles. The second-order valence-corrected chi connectivity index (χ2v) is 7.08. The molecule has 0 spiro atoms. The number of hydrazine groups is 1. The molecule has 0 fully saturated rings. The Labute approximate surface area is 169 Å². The number of anilines is 1. The minimum atomic E-state index is -0.320. The molecule has 3 aromatic rings. The molecule has 1 aromatic heterocycles. The van der Waals surface area contributed by atoms with Gasteiger partial charge in [-0.2, -0.15) is 5.10 Å². The van der Waals surface area contributed by atoms with Crippen LogP contribution in [0.4, 0.5) is 10.1 Å². The molecular weight excluding hydrogens is 458 g/mol. The minimum absolute atomic E-state index is 0.320. The van der Waals surface area contributed by atoms with E-state index in [-0.39, 0.29) is 5.82 Å². The number of aromatic nitrogens is 2. The van der Waals surface area contributed by atoms with Crippen LogP contribution in [0.25, 0.3) is 11.4 Å². The second kappa shape index (κ2) is 7.43. The van der Waals surface area contributed by atoms with Crippen molar-refractivity contribution in [2.45, 2.75) is 0 Å². The van der Waals surface area contributed by atoms with Gasteiger partial charge in [0.1, 0.15) is 11.6 Å². The average molecular weight is 474 g/mol. The summed E-state index contributed by atoms with van der Waals surface area (Å²) in [6.45, 7) is 0. The van der Waals surface area contributed by atoms with Crippen LogP contribution in [0.15, 0.2) is 78.8 Å². The molecule has 1 aliphatic rings. The predicted molar refractivity (Wildman–Crippen MR) is 111 cm³/mol. The summed E-state index contributed by atoms with van der Waals surface area (Å²) in [4.78, 5) is 0. The smallest absolute Gasteiger partial charge is 0.149 e. The molecule has 0 amide bonds. The Hall–Kier alpha value is -2.81. The van der Waals surface area contributed by atoms with Gasteiger partial charge in [0.05, 0.1) is 42.3 Å². The van der Waals surface area contributed by atoms with Gasteiger partial charge >= 0.3 is 0 Å². The van der Waals surface area contributed by atoms with Gasteiger partial charge in [-0.05, 0) is 59.0 Å². The SMILES string of the molecule is COC1=CN(c2ccc(I)cc2F)NC(c2ccnn2-c2ccccc2)=C1. The lowest BCUT2D eigenvalue weighted by Gasteiger charge is -2.29. The first-order valence-corrected chi connectivity index (χ1v) is 9.32. The number of hydrogen-bond acceptors (Lipinski definition) is 4. The Morgan fingerprint density at radius 3 is 2.67 bits per heavy atom. The summed E-state index contributed by atoms with van der Waals surface area (Å²) in [5.74, 6) is 0.279. The van der Waals surface area contributed by atoms with Crippen LogP contribution in [-0.4, -0.2) is 16.9 Å².